The molecular formula is C17H22N2S. The van der Waals surface area contributed by atoms with Gasteiger partial charge in [-0.15, -0.1) is 11.3 Å². The Morgan fingerprint density at radius 1 is 1.30 bits per heavy atom. The van der Waals surface area contributed by atoms with Crippen molar-refractivity contribution in [2.75, 3.05) is 0 Å². The zero-order chi connectivity index (χ0) is 13.9. The second-order valence-electron chi connectivity index (χ2n) is 5.69. The predicted molar refractivity (Wildman–Crippen MR) is 85.9 cm³/mol. The third-order valence-electron chi connectivity index (χ3n) is 4.18. The first-order chi connectivity index (χ1) is 9.80. The van der Waals surface area contributed by atoms with Gasteiger partial charge < -0.3 is 5.73 Å². The highest BCUT2D eigenvalue weighted by Gasteiger charge is 2.22. The number of benzene rings is 1. The van der Waals surface area contributed by atoms with Crippen LogP contribution in [0.3, 0.4) is 0 Å². The van der Waals surface area contributed by atoms with Gasteiger partial charge in [-0.25, -0.2) is 4.98 Å². The molecule has 20 heavy (non-hydrogen) atoms. The number of rotatable bonds is 4. The molecule has 3 rings (SSSR count). The minimum Gasteiger partial charge on any atom is -0.326 e. The van der Waals surface area contributed by atoms with Gasteiger partial charge in [-0.3, -0.25) is 0 Å². The van der Waals surface area contributed by atoms with Gasteiger partial charge in [0.05, 0.1) is 5.69 Å². The molecule has 0 spiro atoms. The lowest BCUT2D eigenvalue weighted by molar-refractivity contribution is 0.424. The molecule has 0 saturated heterocycles. The van der Waals surface area contributed by atoms with E-state index in [1.54, 1.807) is 0 Å². The SMILES string of the molecule is CCCC1CCc2nc(-c3ccc(CN)cc3)sc2C1. The second-order valence-corrected chi connectivity index (χ2v) is 6.77. The van der Waals surface area contributed by atoms with Crippen molar-refractivity contribution in [1.82, 2.24) is 4.98 Å². The maximum absolute atomic E-state index is 5.65. The molecule has 1 aliphatic carbocycles. The number of thiazole rings is 1. The molecule has 2 nitrogen and oxygen atoms in total. The van der Waals surface area contributed by atoms with Crippen molar-refractivity contribution in [3.05, 3.63) is 40.4 Å². The number of fused-ring (bicyclic) bond motifs is 1. The summed E-state index contributed by atoms with van der Waals surface area (Å²) in [5, 5.41) is 1.18. The van der Waals surface area contributed by atoms with Crippen molar-refractivity contribution in [2.24, 2.45) is 11.7 Å². The Kier molecular flexibility index (Phi) is 4.18. The molecule has 1 aliphatic rings. The third kappa shape index (κ3) is 2.79. The number of hydrogen-bond acceptors (Lipinski definition) is 3. The molecule has 0 saturated carbocycles. The fraction of sp³-hybridized carbons (Fsp3) is 0.471. The van der Waals surface area contributed by atoms with E-state index in [1.165, 1.54) is 52.4 Å². The summed E-state index contributed by atoms with van der Waals surface area (Å²) in [4.78, 5) is 6.38. The fourth-order valence-electron chi connectivity index (χ4n) is 3.00. The van der Waals surface area contributed by atoms with Crippen molar-refractivity contribution < 1.29 is 0 Å². The molecule has 0 aliphatic heterocycles. The van der Waals surface area contributed by atoms with Crippen LogP contribution in [0.15, 0.2) is 24.3 Å². The summed E-state index contributed by atoms with van der Waals surface area (Å²) in [6, 6.07) is 8.51. The van der Waals surface area contributed by atoms with Crippen molar-refractivity contribution in [1.29, 1.82) is 0 Å². The first kappa shape index (κ1) is 13.8. The van der Waals surface area contributed by atoms with Crippen LogP contribution in [-0.4, -0.2) is 4.98 Å². The van der Waals surface area contributed by atoms with Crippen LogP contribution >= 0.6 is 11.3 Å². The molecule has 2 aromatic rings. The maximum atomic E-state index is 5.65. The third-order valence-corrected chi connectivity index (χ3v) is 5.34. The molecule has 1 heterocycles. The van der Waals surface area contributed by atoms with E-state index in [0.717, 1.165) is 12.3 Å². The maximum Gasteiger partial charge on any atom is 0.123 e. The van der Waals surface area contributed by atoms with Gasteiger partial charge in [0.25, 0.3) is 0 Å². The van der Waals surface area contributed by atoms with Gasteiger partial charge in [0, 0.05) is 17.0 Å². The molecule has 0 amide bonds. The summed E-state index contributed by atoms with van der Waals surface area (Å²) >= 11 is 1.89. The van der Waals surface area contributed by atoms with E-state index in [4.69, 9.17) is 10.7 Å². The van der Waals surface area contributed by atoms with Crippen LogP contribution < -0.4 is 5.73 Å². The summed E-state index contributed by atoms with van der Waals surface area (Å²) < 4.78 is 0. The summed E-state index contributed by atoms with van der Waals surface area (Å²) in [6.45, 7) is 2.89. The van der Waals surface area contributed by atoms with Gasteiger partial charge in [0.15, 0.2) is 0 Å². The van der Waals surface area contributed by atoms with Gasteiger partial charge >= 0.3 is 0 Å². The van der Waals surface area contributed by atoms with Crippen LogP contribution in [0.2, 0.25) is 0 Å². The standard InChI is InChI=1S/C17H22N2S/c1-2-3-12-6-9-15-16(10-12)20-17(19-15)14-7-4-13(11-18)5-8-14/h4-5,7-8,12H,2-3,6,9-11,18H2,1H3. The molecule has 1 aromatic heterocycles. The Morgan fingerprint density at radius 3 is 2.80 bits per heavy atom. The molecule has 2 N–H and O–H groups in total. The summed E-state index contributed by atoms with van der Waals surface area (Å²) in [6.07, 6.45) is 6.37. The lowest BCUT2D eigenvalue weighted by Gasteiger charge is -2.20. The quantitative estimate of drug-likeness (QED) is 0.916. The fourth-order valence-corrected chi connectivity index (χ4v) is 4.23. The topological polar surface area (TPSA) is 38.9 Å². The lowest BCUT2D eigenvalue weighted by Crippen LogP contribution is -2.12. The zero-order valence-corrected chi connectivity index (χ0v) is 12.9. The average molecular weight is 286 g/mol. The highest BCUT2D eigenvalue weighted by atomic mass is 32.1. The predicted octanol–water partition coefficient (Wildman–Crippen LogP) is 4.17. The smallest absolute Gasteiger partial charge is 0.123 e. The van der Waals surface area contributed by atoms with Crippen LogP contribution in [0.4, 0.5) is 0 Å². The Bertz CT molecular complexity index is 571. The van der Waals surface area contributed by atoms with Crippen molar-refractivity contribution >= 4 is 11.3 Å². The van der Waals surface area contributed by atoms with E-state index in [0.29, 0.717) is 6.54 Å². The van der Waals surface area contributed by atoms with E-state index in [1.807, 2.05) is 11.3 Å². The molecule has 1 aromatic carbocycles. The normalized spacial score (nSPS) is 18.0. The Balaban J connectivity index is 1.82. The van der Waals surface area contributed by atoms with E-state index >= 15 is 0 Å². The molecule has 0 fully saturated rings. The van der Waals surface area contributed by atoms with Crippen LogP contribution in [0, 0.1) is 5.92 Å². The number of nitrogens with two attached hydrogens (primary N) is 1. The van der Waals surface area contributed by atoms with Gasteiger partial charge in [0.1, 0.15) is 5.01 Å². The Morgan fingerprint density at radius 2 is 2.10 bits per heavy atom. The average Bonchev–Trinajstić information content (AvgIpc) is 2.91. The Labute approximate surface area is 125 Å². The molecule has 0 bridgehead atoms. The number of aromatic nitrogens is 1. The molecule has 106 valence electrons. The minimum atomic E-state index is 0.605. The monoisotopic (exact) mass is 286 g/mol. The first-order valence-electron chi connectivity index (χ1n) is 7.58. The van der Waals surface area contributed by atoms with E-state index < -0.39 is 0 Å². The molecule has 1 unspecified atom stereocenters. The highest BCUT2D eigenvalue weighted by molar-refractivity contribution is 7.15. The number of nitrogens with zero attached hydrogens (tertiary/aromatic N) is 1. The van der Waals surface area contributed by atoms with E-state index in [2.05, 4.69) is 31.2 Å². The zero-order valence-electron chi connectivity index (χ0n) is 12.1. The van der Waals surface area contributed by atoms with Crippen molar-refractivity contribution in [2.45, 2.75) is 45.6 Å². The van der Waals surface area contributed by atoms with Gasteiger partial charge in [-0.1, -0.05) is 44.0 Å². The summed E-state index contributed by atoms with van der Waals surface area (Å²) in [5.74, 6) is 0.875. The summed E-state index contributed by atoms with van der Waals surface area (Å²) in [5.41, 5.74) is 9.41. The number of hydrogen-bond donors (Lipinski definition) is 1. The lowest BCUT2D eigenvalue weighted by atomic mass is 9.88. The minimum absolute atomic E-state index is 0.605. The largest absolute Gasteiger partial charge is 0.326 e. The molecule has 3 heteroatoms. The molecule has 1 atom stereocenters. The summed E-state index contributed by atoms with van der Waals surface area (Å²) in [7, 11) is 0. The van der Waals surface area contributed by atoms with Crippen molar-refractivity contribution in [3.63, 3.8) is 0 Å². The number of aryl methyl sites for hydroxylation is 1. The van der Waals surface area contributed by atoms with Crippen LogP contribution in [0.1, 0.15) is 42.3 Å². The van der Waals surface area contributed by atoms with E-state index in [9.17, 15) is 0 Å². The van der Waals surface area contributed by atoms with Crippen LogP contribution in [0.5, 0.6) is 0 Å². The molecule has 0 radical (unpaired) electrons. The second kappa shape index (κ2) is 6.06. The van der Waals surface area contributed by atoms with Crippen LogP contribution in [-0.2, 0) is 19.4 Å². The van der Waals surface area contributed by atoms with Crippen LogP contribution in [0.25, 0.3) is 10.6 Å². The van der Waals surface area contributed by atoms with Gasteiger partial charge in [0.2, 0.25) is 0 Å². The van der Waals surface area contributed by atoms with Crippen molar-refractivity contribution in [3.8, 4) is 10.6 Å². The van der Waals surface area contributed by atoms with E-state index in [-0.39, 0.29) is 0 Å². The molecular weight excluding hydrogens is 264 g/mol. The van der Waals surface area contributed by atoms with Gasteiger partial charge in [-0.2, -0.15) is 0 Å². The van der Waals surface area contributed by atoms with Gasteiger partial charge in [-0.05, 0) is 30.7 Å². The Hall–Kier alpha value is -1.19. The highest BCUT2D eigenvalue weighted by Crippen LogP contribution is 2.35. The first-order valence-corrected chi connectivity index (χ1v) is 8.39.